The summed E-state index contributed by atoms with van der Waals surface area (Å²) in [5, 5.41) is 8.45. The fourth-order valence-corrected chi connectivity index (χ4v) is 1.44. The lowest BCUT2D eigenvalue weighted by Crippen LogP contribution is -2.32. The first-order valence-electron chi connectivity index (χ1n) is 4.32. The fraction of sp³-hybridized carbons (Fsp3) is 0.875. The van der Waals surface area contributed by atoms with Crippen molar-refractivity contribution >= 4 is 17.7 Å². The smallest absolute Gasteiger partial charge is 0.321 e. The van der Waals surface area contributed by atoms with Crippen LogP contribution in [0.5, 0.6) is 0 Å². The highest BCUT2D eigenvalue weighted by Crippen LogP contribution is 2.01. The molecule has 0 unspecified atom stereocenters. The van der Waals surface area contributed by atoms with Crippen LogP contribution >= 0.6 is 11.8 Å². The predicted octanol–water partition coefficient (Wildman–Crippen LogP) is 0.558. The summed E-state index contributed by atoms with van der Waals surface area (Å²) in [7, 11) is 0. The lowest BCUT2D eigenvalue weighted by atomic mass is 10.4. The third-order valence-electron chi connectivity index (χ3n) is 1.34. The summed E-state index contributed by atoms with van der Waals surface area (Å²) in [4.78, 5) is 10.3. The number of hydrogen-bond donors (Lipinski definition) is 2. The van der Waals surface area contributed by atoms with E-state index in [0.717, 1.165) is 18.8 Å². The van der Waals surface area contributed by atoms with Crippen molar-refractivity contribution in [2.75, 3.05) is 24.7 Å². The monoisotopic (exact) mass is 207 g/mol. The Bertz CT molecular complexity index is 143. The second-order valence-electron chi connectivity index (χ2n) is 2.63. The van der Waals surface area contributed by atoms with Crippen LogP contribution in [-0.2, 0) is 9.53 Å². The fourth-order valence-electron chi connectivity index (χ4n) is 0.646. The van der Waals surface area contributed by atoms with Gasteiger partial charge in [0.25, 0.3) is 0 Å². The predicted molar refractivity (Wildman–Crippen MR) is 54.0 cm³/mol. The third kappa shape index (κ3) is 8.08. The molecular formula is C8H17NO3S. The molecule has 5 heteroatoms. The zero-order valence-electron chi connectivity index (χ0n) is 7.86. The van der Waals surface area contributed by atoms with E-state index in [2.05, 4.69) is 0 Å². The van der Waals surface area contributed by atoms with Crippen molar-refractivity contribution in [1.82, 2.24) is 0 Å². The van der Waals surface area contributed by atoms with E-state index in [1.165, 1.54) is 11.8 Å². The highest BCUT2D eigenvalue weighted by atomic mass is 32.2. The van der Waals surface area contributed by atoms with Crippen LogP contribution in [0.1, 0.15) is 13.3 Å². The molecule has 0 aliphatic heterocycles. The van der Waals surface area contributed by atoms with E-state index >= 15 is 0 Å². The van der Waals surface area contributed by atoms with Gasteiger partial charge in [-0.3, -0.25) is 4.79 Å². The first-order valence-corrected chi connectivity index (χ1v) is 5.47. The molecular weight excluding hydrogens is 190 g/mol. The average molecular weight is 207 g/mol. The van der Waals surface area contributed by atoms with Gasteiger partial charge in [0.2, 0.25) is 0 Å². The van der Waals surface area contributed by atoms with Crippen LogP contribution in [0, 0.1) is 0 Å². The van der Waals surface area contributed by atoms with Crippen molar-refractivity contribution in [1.29, 1.82) is 0 Å². The van der Waals surface area contributed by atoms with Crippen molar-refractivity contribution in [3.8, 4) is 0 Å². The molecule has 0 fully saturated rings. The topological polar surface area (TPSA) is 72.5 Å². The summed E-state index contributed by atoms with van der Waals surface area (Å²) >= 11 is 1.51. The average Bonchev–Trinajstić information content (AvgIpc) is 2.10. The van der Waals surface area contributed by atoms with Crippen LogP contribution in [0.4, 0.5) is 0 Å². The van der Waals surface area contributed by atoms with E-state index in [1.807, 2.05) is 6.92 Å². The Hall–Kier alpha value is -0.260. The minimum Gasteiger partial charge on any atom is -0.480 e. The summed E-state index contributed by atoms with van der Waals surface area (Å²) in [6, 6.07) is -0.754. The van der Waals surface area contributed by atoms with Gasteiger partial charge in [-0.05, 0) is 6.42 Å². The van der Waals surface area contributed by atoms with Crippen LogP contribution in [0.3, 0.4) is 0 Å². The van der Waals surface area contributed by atoms with Gasteiger partial charge in [-0.25, -0.2) is 0 Å². The Morgan fingerprint density at radius 2 is 2.31 bits per heavy atom. The quantitative estimate of drug-likeness (QED) is 0.569. The van der Waals surface area contributed by atoms with Crippen molar-refractivity contribution in [3.63, 3.8) is 0 Å². The number of carboxylic acids is 1. The molecule has 0 aliphatic rings. The summed E-state index contributed by atoms with van der Waals surface area (Å²) in [6.07, 6.45) is 1.01. The largest absolute Gasteiger partial charge is 0.480 e. The number of thioether (sulfide) groups is 1. The molecule has 0 spiro atoms. The molecule has 0 rings (SSSR count). The zero-order chi connectivity index (χ0) is 10.1. The van der Waals surface area contributed by atoms with Crippen LogP contribution in [0.25, 0.3) is 0 Å². The van der Waals surface area contributed by atoms with Crippen molar-refractivity contribution < 1.29 is 14.6 Å². The normalized spacial score (nSPS) is 12.8. The molecule has 78 valence electrons. The summed E-state index contributed by atoms with van der Waals surface area (Å²) in [6.45, 7) is 3.49. The molecule has 0 amide bonds. The van der Waals surface area contributed by atoms with Crippen LogP contribution in [-0.4, -0.2) is 41.8 Å². The maximum atomic E-state index is 10.3. The summed E-state index contributed by atoms with van der Waals surface area (Å²) < 4.78 is 5.22. The Morgan fingerprint density at radius 1 is 1.62 bits per heavy atom. The van der Waals surface area contributed by atoms with E-state index in [9.17, 15) is 4.79 Å². The molecule has 13 heavy (non-hydrogen) atoms. The number of aliphatic carboxylic acids is 1. The Balaban J connectivity index is 3.11. The lowest BCUT2D eigenvalue weighted by Gasteiger charge is -2.05. The van der Waals surface area contributed by atoms with Gasteiger partial charge in [0, 0.05) is 18.1 Å². The number of hydrogen-bond acceptors (Lipinski definition) is 4. The van der Waals surface area contributed by atoms with Crippen molar-refractivity contribution in [2.45, 2.75) is 19.4 Å². The second kappa shape index (κ2) is 8.34. The summed E-state index contributed by atoms with van der Waals surface area (Å²) in [5.74, 6) is 0.313. The van der Waals surface area contributed by atoms with E-state index in [-0.39, 0.29) is 0 Å². The number of carbonyl (C=O) groups is 1. The number of rotatable bonds is 8. The zero-order valence-corrected chi connectivity index (χ0v) is 8.68. The third-order valence-corrected chi connectivity index (χ3v) is 2.39. The molecule has 0 heterocycles. The molecule has 0 saturated heterocycles. The van der Waals surface area contributed by atoms with Crippen LogP contribution in [0.15, 0.2) is 0 Å². The van der Waals surface area contributed by atoms with Gasteiger partial charge >= 0.3 is 5.97 Å². The molecule has 4 nitrogen and oxygen atoms in total. The van der Waals surface area contributed by atoms with Gasteiger partial charge in [-0.15, -0.1) is 0 Å². The van der Waals surface area contributed by atoms with Gasteiger partial charge in [-0.2, -0.15) is 11.8 Å². The maximum Gasteiger partial charge on any atom is 0.321 e. The number of ether oxygens (including phenoxy) is 1. The Kier molecular flexibility index (Phi) is 8.18. The molecule has 3 N–H and O–H groups in total. The highest BCUT2D eigenvalue weighted by Gasteiger charge is 2.10. The molecule has 0 radical (unpaired) electrons. The minimum absolute atomic E-state index is 0.449. The van der Waals surface area contributed by atoms with Gasteiger partial charge in [0.15, 0.2) is 0 Å². The molecule has 0 aromatic heterocycles. The molecule has 0 saturated carbocycles. The van der Waals surface area contributed by atoms with Gasteiger partial charge < -0.3 is 15.6 Å². The minimum atomic E-state index is -0.943. The van der Waals surface area contributed by atoms with E-state index < -0.39 is 12.0 Å². The Labute approximate surface area is 82.8 Å². The molecule has 0 bridgehead atoms. The van der Waals surface area contributed by atoms with Gasteiger partial charge in [-0.1, -0.05) is 6.92 Å². The molecule has 0 aliphatic carbocycles. The summed E-state index contributed by atoms with van der Waals surface area (Å²) in [5.41, 5.74) is 5.30. The van der Waals surface area contributed by atoms with Crippen LogP contribution in [0.2, 0.25) is 0 Å². The van der Waals surface area contributed by atoms with Gasteiger partial charge in [0.1, 0.15) is 6.04 Å². The maximum absolute atomic E-state index is 10.3. The van der Waals surface area contributed by atoms with Crippen molar-refractivity contribution in [3.05, 3.63) is 0 Å². The van der Waals surface area contributed by atoms with Gasteiger partial charge in [0.05, 0.1) is 6.61 Å². The van der Waals surface area contributed by atoms with E-state index in [1.54, 1.807) is 0 Å². The van der Waals surface area contributed by atoms with Crippen molar-refractivity contribution in [2.24, 2.45) is 5.73 Å². The number of carboxylic acid groups (broad SMARTS) is 1. The van der Waals surface area contributed by atoms with E-state index in [4.69, 9.17) is 15.6 Å². The van der Waals surface area contributed by atoms with E-state index in [0.29, 0.717) is 12.4 Å². The van der Waals surface area contributed by atoms with Crippen LogP contribution < -0.4 is 5.73 Å². The molecule has 1 atom stereocenters. The molecule has 0 aromatic rings. The highest BCUT2D eigenvalue weighted by molar-refractivity contribution is 7.99. The SMILES string of the molecule is CCCOCCSC[C@H](N)C(=O)O. The molecule has 0 aromatic carbocycles. The first kappa shape index (κ1) is 12.7. The first-order chi connectivity index (χ1) is 6.18. The second-order valence-corrected chi connectivity index (χ2v) is 3.78. The Morgan fingerprint density at radius 3 is 2.85 bits per heavy atom. The number of nitrogens with two attached hydrogens (primary N) is 1. The standard InChI is InChI=1S/C8H17NO3S/c1-2-3-12-4-5-13-6-7(9)8(10)11/h7H,2-6,9H2,1H3,(H,10,11)/t7-/m0/s1. The lowest BCUT2D eigenvalue weighted by molar-refractivity contribution is -0.137.